The van der Waals surface area contributed by atoms with Crippen molar-refractivity contribution in [2.45, 2.75) is 58.8 Å². The molecule has 0 radical (unpaired) electrons. The fraction of sp³-hybridized carbons (Fsp3) is 0.175. The fourth-order valence-corrected chi connectivity index (χ4v) is 12.9. The Bertz CT molecular complexity index is 4910. The van der Waals surface area contributed by atoms with Gasteiger partial charge in [-0.2, -0.15) is 0 Å². The van der Waals surface area contributed by atoms with Gasteiger partial charge in [-0.15, -0.1) is 0 Å². The van der Waals surface area contributed by atoms with E-state index in [1.807, 2.05) is 203 Å². The van der Waals surface area contributed by atoms with E-state index in [1.165, 1.54) is 24.3 Å². The Kier molecular flexibility index (Phi) is 35.8. The highest BCUT2D eigenvalue weighted by Gasteiger charge is 2.32. The molecule has 3 unspecified atom stereocenters. The number of aliphatic hydroxyl groups is 2. The van der Waals surface area contributed by atoms with E-state index in [1.54, 1.807) is 91.9 Å². The maximum Gasteiger partial charge on any atom is 0.343 e. The molecule has 12 aromatic carbocycles. The van der Waals surface area contributed by atoms with Crippen molar-refractivity contribution in [1.82, 2.24) is 0 Å². The van der Waals surface area contributed by atoms with Gasteiger partial charge in [-0.1, -0.05) is 177 Å². The summed E-state index contributed by atoms with van der Waals surface area (Å²) in [6.45, 7) is 18.8. The third kappa shape index (κ3) is 27.8. The van der Waals surface area contributed by atoms with E-state index >= 15 is 0 Å². The molecule has 0 aliphatic carbocycles. The normalized spacial score (nSPS) is 11.2. The molecule has 0 amide bonds. The molecule has 12 rings (SSSR count). The number of hydrogen-bond donors (Lipinski definition) is 3. The van der Waals surface area contributed by atoms with Crippen LogP contribution in [0.1, 0.15) is 141 Å². The minimum atomic E-state index is -0.584. The number of aryl methyl sites for hydroxylation is 3. The quantitative estimate of drug-likeness (QED) is 0.0108. The smallest absolute Gasteiger partial charge is 0.343 e. The summed E-state index contributed by atoms with van der Waals surface area (Å²) in [6, 6.07) is 87.7. The second kappa shape index (κ2) is 47.8. The summed E-state index contributed by atoms with van der Waals surface area (Å²) in [5, 5.41) is 28.2. The van der Waals surface area contributed by atoms with Crippen LogP contribution in [0.2, 0.25) is 0 Å². The number of carbonyl (C=O) groups excluding carboxylic acids is 7. The Labute approximate surface area is 721 Å². The Balaban J connectivity index is 0.000000267. The largest absolute Gasteiger partial charge is 0.508 e. The van der Waals surface area contributed by atoms with E-state index in [-0.39, 0.29) is 89.4 Å². The molecule has 12 aromatic rings. The summed E-state index contributed by atoms with van der Waals surface area (Å²) < 4.78 is 60.5. The van der Waals surface area contributed by atoms with Crippen LogP contribution in [0.5, 0.6) is 51.7 Å². The molecule has 0 fully saturated rings. The lowest BCUT2D eigenvalue weighted by molar-refractivity contribution is -0.139. The zero-order chi connectivity index (χ0) is 87.4. The summed E-state index contributed by atoms with van der Waals surface area (Å²) in [4.78, 5) is 85.1. The summed E-state index contributed by atoms with van der Waals surface area (Å²) in [5.74, 6) is -0.691. The summed E-state index contributed by atoms with van der Waals surface area (Å²) in [7, 11) is 0. The molecule has 0 spiro atoms. The zero-order valence-corrected chi connectivity index (χ0v) is 68.4. The fourth-order valence-electron chi connectivity index (χ4n) is 12.9. The molecule has 21 heteroatoms. The first-order valence-electron chi connectivity index (χ1n) is 39.5. The Morgan fingerprint density at radius 1 is 0.274 bits per heavy atom. The molecule has 3 atom stereocenters. The molecular formula is C103H98O21. The van der Waals surface area contributed by atoms with Crippen LogP contribution in [0.15, 0.2) is 329 Å². The van der Waals surface area contributed by atoms with Crippen LogP contribution < -0.4 is 37.9 Å². The highest BCUT2D eigenvalue weighted by atomic mass is 16.6. The van der Waals surface area contributed by atoms with Gasteiger partial charge in [0, 0.05) is 41.9 Å². The minimum Gasteiger partial charge on any atom is -0.508 e. The van der Waals surface area contributed by atoms with Gasteiger partial charge in [0.05, 0.1) is 42.1 Å². The van der Waals surface area contributed by atoms with Crippen molar-refractivity contribution in [2.75, 3.05) is 59.5 Å². The van der Waals surface area contributed by atoms with E-state index in [0.29, 0.717) is 69.3 Å². The monoisotopic (exact) mass is 1670 g/mol. The van der Waals surface area contributed by atoms with Crippen molar-refractivity contribution in [2.24, 2.45) is 0 Å². The molecule has 124 heavy (non-hydrogen) atoms. The van der Waals surface area contributed by atoms with E-state index in [0.717, 1.165) is 79.4 Å². The molecule has 0 aromatic heterocycles. The molecule has 0 saturated heterocycles. The lowest BCUT2D eigenvalue weighted by Crippen LogP contribution is -2.16. The Hall–Kier alpha value is -14.9. The maximum absolute atomic E-state index is 13.1. The van der Waals surface area contributed by atoms with Gasteiger partial charge in [0.2, 0.25) is 0 Å². The maximum atomic E-state index is 13.1. The van der Waals surface area contributed by atoms with Crippen LogP contribution in [0.25, 0.3) is 0 Å². The van der Waals surface area contributed by atoms with Crippen LogP contribution in [-0.2, 0) is 28.6 Å². The van der Waals surface area contributed by atoms with Gasteiger partial charge in [0.15, 0.2) is 0 Å². The third-order valence-electron chi connectivity index (χ3n) is 19.1. The van der Waals surface area contributed by atoms with Crippen LogP contribution in [0.4, 0.5) is 0 Å². The molecular weight excluding hydrogens is 1570 g/mol. The van der Waals surface area contributed by atoms with E-state index < -0.39 is 47.7 Å². The number of benzene rings is 12. The van der Waals surface area contributed by atoms with Crippen molar-refractivity contribution >= 4 is 41.8 Å². The van der Waals surface area contributed by atoms with Gasteiger partial charge in [-0.3, -0.25) is 0 Å². The lowest BCUT2D eigenvalue weighted by Gasteiger charge is -2.30. The number of phenolic OH excluding ortho intramolecular Hbond substituents is 1. The third-order valence-corrected chi connectivity index (χ3v) is 19.1. The summed E-state index contributed by atoms with van der Waals surface area (Å²) in [5.41, 5.74) is 12.1. The number of esters is 7. The van der Waals surface area contributed by atoms with Gasteiger partial charge < -0.3 is 67.4 Å². The number of ether oxygens (including phenoxy) is 11. The van der Waals surface area contributed by atoms with Crippen LogP contribution in [0.3, 0.4) is 0 Å². The predicted octanol–water partition coefficient (Wildman–Crippen LogP) is 19.1. The molecule has 0 aliphatic rings. The average Bonchev–Trinajstić information content (AvgIpc) is 0.783. The number of rotatable bonds is 36. The summed E-state index contributed by atoms with van der Waals surface area (Å²) in [6.07, 6.45) is 3.36. The van der Waals surface area contributed by atoms with Gasteiger partial charge >= 0.3 is 41.8 Å². The SMILES string of the molecule is C.C=CC(=O)OCC.C=CC(=O)OCCOc1ccc(C(c2ccc(OCCO)cc2)C(c2ccc(OCCO)cc2)c2ccc(OCCOC(=O)C=C)cc2)cc1.Cc1ccc(C(=O)Oc2ccc(C(c3ccc(OC(=O)c4ccc(C)cc4)cc3)C(c3ccc(OC(=O)c4ccc(C)cc4)cc3)c3ccc(OC(=O)c4ccc(O)cc4)cc3)cc2)cc1. The first kappa shape index (κ1) is 92.9. The number of hydrogen-bond acceptors (Lipinski definition) is 21. The average molecular weight is 1670 g/mol. The molecule has 3 N–H and O–H groups in total. The minimum absolute atomic E-state index is 0. The standard InChI is InChI=1S/C57H44O9.C40H42O10.C5H8O2.CH4/c1-36-4-10-43(11-5-36)54(59)63-48-28-18-39(19-29-48)52(40-20-30-49(31-21-40)64-55(60)44-12-6-37(2)7-13-44)53(41-22-32-50(33-23-41)65-56(61)45-14-8-38(3)9-15-45)42-24-34-51(35-25-42)66-57(62)46-16-26-47(58)27-17-46;1-3-37(43)49-27-25-47-35-17-9-31(10-18-35)39(29-5-13-33(14-6-29)45-23-21-41)40(30-7-15-34(16-8-30)46-24-22-42)32-11-19-36(20-12-32)48-26-28-50-38(44)4-2;1-3-5(6)7-4-2;/h4-35,52-53,58H,1-3H3;3-20,39-42H,1-2,21-28H2;3H,1,4H2,2H3;1H4. The number of aliphatic hydroxyl groups excluding tert-OH is 2. The topological polar surface area (TPSA) is 282 Å². The molecule has 0 aliphatic heterocycles. The van der Waals surface area contributed by atoms with Gasteiger partial charge in [0.25, 0.3) is 0 Å². The van der Waals surface area contributed by atoms with E-state index in [9.17, 15) is 48.9 Å². The number of aromatic hydroxyl groups is 1. The van der Waals surface area contributed by atoms with Gasteiger partial charge in [-0.25, -0.2) is 33.6 Å². The number of carbonyl (C=O) groups is 7. The molecule has 21 nitrogen and oxygen atoms in total. The second-order valence-corrected chi connectivity index (χ2v) is 27.7. The first-order valence-corrected chi connectivity index (χ1v) is 39.5. The Morgan fingerprint density at radius 2 is 0.468 bits per heavy atom. The van der Waals surface area contributed by atoms with Gasteiger partial charge in [-0.05, 0) is 230 Å². The van der Waals surface area contributed by atoms with Crippen molar-refractivity contribution < 1.29 is 101 Å². The Morgan fingerprint density at radius 3 is 0.661 bits per heavy atom. The van der Waals surface area contributed by atoms with Crippen molar-refractivity contribution in [3.05, 3.63) is 413 Å². The van der Waals surface area contributed by atoms with Crippen LogP contribution in [-0.4, -0.2) is 117 Å². The molecule has 0 saturated carbocycles. The molecule has 0 heterocycles. The predicted molar refractivity (Wildman–Crippen MR) is 472 cm³/mol. The lowest BCUT2D eigenvalue weighted by atomic mass is 9.73. The number of phenols is 1. The first-order chi connectivity index (χ1) is 59.7. The highest BCUT2D eigenvalue weighted by molar-refractivity contribution is 5.93. The summed E-state index contributed by atoms with van der Waals surface area (Å²) >= 11 is 0. The second-order valence-electron chi connectivity index (χ2n) is 27.7. The molecule has 636 valence electrons. The zero-order valence-electron chi connectivity index (χ0n) is 68.4. The van der Waals surface area contributed by atoms with E-state index in [2.05, 4.69) is 24.5 Å². The van der Waals surface area contributed by atoms with Gasteiger partial charge in [0.1, 0.15) is 91.4 Å². The van der Waals surface area contributed by atoms with E-state index in [4.69, 9.17) is 47.4 Å². The van der Waals surface area contributed by atoms with Crippen LogP contribution in [0, 0.1) is 20.8 Å². The van der Waals surface area contributed by atoms with Crippen molar-refractivity contribution in [3.8, 4) is 51.7 Å². The highest BCUT2D eigenvalue weighted by Crippen LogP contribution is 2.47. The van der Waals surface area contributed by atoms with Crippen molar-refractivity contribution in [1.29, 1.82) is 0 Å². The van der Waals surface area contributed by atoms with Crippen molar-refractivity contribution in [3.63, 3.8) is 0 Å². The molecule has 0 bridgehead atoms. The van der Waals surface area contributed by atoms with Crippen LogP contribution >= 0.6 is 0 Å².